The van der Waals surface area contributed by atoms with Gasteiger partial charge in [-0.3, -0.25) is 0 Å². The number of rotatable bonds is 5. The number of hydrogen-bond donors (Lipinski definition) is 3. The fourth-order valence-corrected chi connectivity index (χ4v) is 1.30. The molecule has 0 fully saturated rings. The van der Waals surface area contributed by atoms with Crippen LogP contribution in [0, 0.1) is 0 Å². The Kier molecular flexibility index (Phi) is 4.84. The van der Waals surface area contributed by atoms with E-state index in [0.29, 0.717) is 6.04 Å². The topological polar surface area (TPSA) is 24.1 Å². The number of benzene rings is 1. The van der Waals surface area contributed by atoms with Crippen molar-refractivity contribution in [2.24, 2.45) is 0 Å². The van der Waals surface area contributed by atoms with Crippen molar-refractivity contribution in [3.05, 3.63) is 24.3 Å². The maximum atomic E-state index is 4.23. The predicted molar refractivity (Wildman–Crippen MR) is 65.3 cm³/mol. The summed E-state index contributed by atoms with van der Waals surface area (Å²) in [6, 6.07) is 8.61. The minimum absolute atomic E-state index is 0.552. The molecule has 0 amide bonds. The molecule has 0 bridgehead atoms. The molecule has 0 aliphatic rings. The van der Waals surface area contributed by atoms with Gasteiger partial charge in [0.05, 0.1) is 0 Å². The molecule has 0 saturated carbocycles. The first-order chi connectivity index (χ1) is 6.68. The fraction of sp³-hybridized carbons (Fsp3) is 0.455. The van der Waals surface area contributed by atoms with Crippen molar-refractivity contribution in [3.63, 3.8) is 0 Å². The van der Waals surface area contributed by atoms with Gasteiger partial charge in [-0.2, -0.15) is 0 Å². The highest BCUT2D eigenvalue weighted by Gasteiger charge is 1.92. The molecule has 0 radical (unpaired) electrons. The molecule has 0 aliphatic carbocycles. The summed E-state index contributed by atoms with van der Waals surface area (Å²) in [5, 5.41) is 6.68. The van der Waals surface area contributed by atoms with Crippen LogP contribution >= 0.6 is 12.6 Å². The quantitative estimate of drug-likeness (QED) is 0.513. The van der Waals surface area contributed by atoms with Crippen LogP contribution in [-0.4, -0.2) is 19.1 Å². The molecule has 1 aromatic carbocycles. The third-order valence-electron chi connectivity index (χ3n) is 1.87. The number of hydrogen-bond acceptors (Lipinski definition) is 3. The van der Waals surface area contributed by atoms with Crippen molar-refractivity contribution >= 4 is 18.3 Å². The molecule has 0 aromatic heterocycles. The molecule has 0 atom stereocenters. The lowest BCUT2D eigenvalue weighted by molar-refractivity contribution is 0.602. The van der Waals surface area contributed by atoms with E-state index in [4.69, 9.17) is 0 Å². The smallest absolute Gasteiger partial charge is 0.0341 e. The Labute approximate surface area is 91.5 Å². The van der Waals surface area contributed by atoms with Gasteiger partial charge in [0.1, 0.15) is 0 Å². The summed E-state index contributed by atoms with van der Waals surface area (Å²) < 4.78 is 0. The molecule has 0 aliphatic heterocycles. The third-order valence-corrected chi connectivity index (χ3v) is 2.17. The van der Waals surface area contributed by atoms with Gasteiger partial charge in [-0.15, -0.1) is 12.6 Å². The van der Waals surface area contributed by atoms with Gasteiger partial charge in [0.2, 0.25) is 0 Å². The molecule has 1 rings (SSSR count). The van der Waals surface area contributed by atoms with E-state index in [1.807, 2.05) is 24.3 Å². The second kappa shape index (κ2) is 5.94. The Morgan fingerprint density at radius 3 is 2.36 bits per heavy atom. The fourth-order valence-electron chi connectivity index (χ4n) is 1.15. The molecule has 78 valence electrons. The minimum Gasteiger partial charge on any atom is -0.384 e. The second-order valence-electron chi connectivity index (χ2n) is 3.58. The summed E-state index contributed by atoms with van der Waals surface area (Å²) in [6.07, 6.45) is 0. The molecule has 14 heavy (non-hydrogen) atoms. The van der Waals surface area contributed by atoms with Crippen LogP contribution in [0.5, 0.6) is 0 Å². The van der Waals surface area contributed by atoms with Crippen molar-refractivity contribution in [1.29, 1.82) is 0 Å². The Balaban J connectivity index is 2.21. The summed E-state index contributed by atoms with van der Waals surface area (Å²) in [6.45, 7) is 6.23. The average molecular weight is 210 g/mol. The van der Waals surface area contributed by atoms with E-state index in [0.717, 1.165) is 23.7 Å². The first-order valence-corrected chi connectivity index (χ1v) is 5.39. The summed E-state index contributed by atoms with van der Waals surface area (Å²) in [5.41, 5.74) is 1.15. The Bertz CT molecular complexity index is 256. The molecular formula is C11H18N2S. The lowest BCUT2D eigenvalue weighted by Gasteiger charge is -2.09. The zero-order chi connectivity index (χ0) is 10.4. The molecule has 0 spiro atoms. The highest BCUT2D eigenvalue weighted by Crippen LogP contribution is 2.11. The molecule has 2 nitrogen and oxygen atoms in total. The van der Waals surface area contributed by atoms with Crippen molar-refractivity contribution in [1.82, 2.24) is 5.32 Å². The average Bonchev–Trinajstić information content (AvgIpc) is 2.15. The van der Waals surface area contributed by atoms with E-state index in [1.165, 1.54) is 0 Å². The van der Waals surface area contributed by atoms with Crippen molar-refractivity contribution < 1.29 is 0 Å². The number of thiol groups is 1. The Hall–Kier alpha value is -0.670. The SMILES string of the molecule is CC(C)NCCNc1ccc(S)cc1. The molecular weight excluding hydrogens is 192 g/mol. The van der Waals surface area contributed by atoms with E-state index in [2.05, 4.69) is 37.1 Å². The molecule has 0 unspecified atom stereocenters. The van der Waals surface area contributed by atoms with Crippen LogP contribution in [0.15, 0.2) is 29.2 Å². The normalized spacial score (nSPS) is 10.6. The van der Waals surface area contributed by atoms with E-state index in [9.17, 15) is 0 Å². The van der Waals surface area contributed by atoms with Crippen LogP contribution < -0.4 is 10.6 Å². The van der Waals surface area contributed by atoms with Crippen LogP contribution in [0.4, 0.5) is 5.69 Å². The van der Waals surface area contributed by atoms with Gasteiger partial charge in [-0.1, -0.05) is 13.8 Å². The lowest BCUT2D eigenvalue weighted by Crippen LogP contribution is -2.28. The van der Waals surface area contributed by atoms with Crippen LogP contribution in [0.2, 0.25) is 0 Å². The molecule has 0 heterocycles. The first kappa shape index (κ1) is 11.4. The van der Waals surface area contributed by atoms with Crippen LogP contribution in [0.3, 0.4) is 0 Å². The Morgan fingerprint density at radius 2 is 1.79 bits per heavy atom. The highest BCUT2D eigenvalue weighted by molar-refractivity contribution is 7.80. The largest absolute Gasteiger partial charge is 0.384 e. The van der Waals surface area contributed by atoms with Crippen molar-refractivity contribution in [2.75, 3.05) is 18.4 Å². The van der Waals surface area contributed by atoms with Crippen molar-refractivity contribution in [3.8, 4) is 0 Å². The highest BCUT2D eigenvalue weighted by atomic mass is 32.1. The van der Waals surface area contributed by atoms with Gasteiger partial charge in [0, 0.05) is 29.7 Å². The summed E-state index contributed by atoms with van der Waals surface area (Å²) in [5.74, 6) is 0. The van der Waals surface area contributed by atoms with Gasteiger partial charge >= 0.3 is 0 Å². The maximum Gasteiger partial charge on any atom is 0.0341 e. The van der Waals surface area contributed by atoms with Crippen LogP contribution in [0.25, 0.3) is 0 Å². The monoisotopic (exact) mass is 210 g/mol. The molecule has 2 N–H and O–H groups in total. The number of nitrogens with one attached hydrogen (secondary N) is 2. The predicted octanol–water partition coefficient (Wildman–Crippen LogP) is 2.39. The Morgan fingerprint density at radius 1 is 1.14 bits per heavy atom. The van der Waals surface area contributed by atoms with Crippen molar-refractivity contribution in [2.45, 2.75) is 24.8 Å². The standard InChI is InChI=1S/C11H18N2S/c1-9(2)12-7-8-13-10-3-5-11(14)6-4-10/h3-6,9,12-14H,7-8H2,1-2H3. The van der Waals surface area contributed by atoms with Gasteiger partial charge in [-0.25, -0.2) is 0 Å². The molecule has 3 heteroatoms. The van der Waals surface area contributed by atoms with Gasteiger partial charge < -0.3 is 10.6 Å². The second-order valence-corrected chi connectivity index (χ2v) is 4.10. The van der Waals surface area contributed by atoms with E-state index in [1.54, 1.807) is 0 Å². The van der Waals surface area contributed by atoms with Gasteiger partial charge in [0.15, 0.2) is 0 Å². The maximum absolute atomic E-state index is 4.23. The lowest BCUT2D eigenvalue weighted by atomic mass is 10.3. The third kappa shape index (κ3) is 4.53. The van der Waals surface area contributed by atoms with E-state index < -0.39 is 0 Å². The summed E-state index contributed by atoms with van der Waals surface area (Å²) >= 11 is 4.23. The molecule has 1 aromatic rings. The zero-order valence-electron chi connectivity index (χ0n) is 8.75. The summed E-state index contributed by atoms with van der Waals surface area (Å²) in [4.78, 5) is 0.996. The van der Waals surface area contributed by atoms with E-state index >= 15 is 0 Å². The number of anilines is 1. The zero-order valence-corrected chi connectivity index (χ0v) is 9.64. The molecule has 0 saturated heterocycles. The van der Waals surface area contributed by atoms with Crippen LogP contribution in [0.1, 0.15) is 13.8 Å². The summed E-state index contributed by atoms with van der Waals surface area (Å²) in [7, 11) is 0. The van der Waals surface area contributed by atoms with E-state index in [-0.39, 0.29) is 0 Å². The van der Waals surface area contributed by atoms with Crippen LogP contribution in [-0.2, 0) is 0 Å². The van der Waals surface area contributed by atoms with Gasteiger partial charge in [0.25, 0.3) is 0 Å². The minimum atomic E-state index is 0.552. The van der Waals surface area contributed by atoms with Gasteiger partial charge in [-0.05, 0) is 24.3 Å². The first-order valence-electron chi connectivity index (χ1n) is 4.95.